The second-order valence-corrected chi connectivity index (χ2v) is 9.98. The molecule has 0 unspecified atom stereocenters. The van der Waals surface area contributed by atoms with Crippen LogP contribution in [0.25, 0.3) is 22.2 Å². The number of anilines is 1. The molecule has 0 atom stereocenters. The van der Waals surface area contributed by atoms with Gasteiger partial charge < -0.3 is 15.2 Å². The number of H-pyrrole nitrogens is 1. The van der Waals surface area contributed by atoms with E-state index in [1.807, 2.05) is 17.0 Å². The molecule has 1 aliphatic heterocycles. The van der Waals surface area contributed by atoms with Gasteiger partial charge in [0, 0.05) is 41.6 Å². The summed E-state index contributed by atoms with van der Waals surface area (Å²) in [6.07, 6.45) is 7.93. The van der Waals surface area contributed by atoms with Crippen LogP contribution in [-0.4, -0.2) is 24.3 Å². The van der Waals surface area contributed by atoms with E-state index >= 15 is 0 Å². The predicted octanol–water partition coefficient (Wildman–Crippen LogP) is 5.50. The first kappa shape index (κ1) is 19.9. The Bertz CT molecular complexity index is 1270. The van der Waals surface area contributed by atoms with Crippen molar-refractivity contribution in [1.82, 2.24) is 9.88 Å². The van der Waals surface area contributed by atoms with Gasteiger partial charge in [0.2, 0.25) is 0 Å². The molecule has 2 aliphatic rings. The molecule has 7 heteroatoms. The van der Waals surface area contributed by atoms with Crippen LogP contribution in [-0.2, 0) is 16.4 Å². The molecule has 1 saturated carbocycles. The van der Waals surface area contributed by atoms with E-state index in [1.54, 1.807) is 18.5 Å². The van der Waals surface area contributed by atoms with Gasteiger partial charge in [-0.1, -0.05) is 25.0 Å². The summed E-state index contributed by atoms with van der Waals surface area (Å²) in [4.78, 5) is 5.32. The van der Waals surface area contributed by atoms with Crippen molar-refractivity contribution in [2.45, 2.75) is 38.3 Å². The van der Waals surface area contributed by atoms with Gasteiger partial charge in [-0.15, -0.1) is 0 Å². The third-order valence-electron chi connectivity index (χ3n) is 5.89. The molecule has 1 aliphatic carbocycles. The Kier molecular flexibility index (Phi) is 5.06. The molecule has 5 rings (SSSR count). The van der Waals surface area contributed by atoms with Crippen LogP contribution in [0.2, 0.25) is 0 Å². The molecule has 0 saturated heterocycles. The van der Waals surface area contributed by atoms with E-state index in [4.69, 9.17) is 0 Å². The number of sulfone groups is 1. The second-order valence-electron chi connectivity index (χ2n) is 8.26. The standard InChI is InChI=1S/C24H24FN3O2S/c25-20-5-3-4-18(14-20)22-15-19-12-17(16-28-8-10-31(29,30)11-9-28)13-23(24(19)27-22)26-21-6-1-2-7-21/h3-5,8-15,21,26-27H,1-2,6-7,16H2. The third kappa shape index (κ3) is 4.37. The number of halogens is 1. The Morgan fingerprint density at radius 1 is 1.06 bits per heavy atom. The summed E-state index contributed by atoms with van der Waals surface area (Å²) in [6.45, 7) is 0.554. The molecule has 0 bridgehead atoms. The fourth-order valence-electron chi connectivity index (χ4n) is 4.35. The minimum atomic E-state index is -3.25. The first-order valence-electron chi connectivity index (χ1n) is 10.5. The van der Waals surface area contributed by atoms with Crippen molar-refractivity contribution in [2.24, 2.45) is 0 Å². The minimum Gasteiger partial charge on any atom is -0.381 e. The number of aromatic amines is 1. The van der Waals surface area contributed by atoms with Crippen LogP contribution in [0.4, 0.5) is 10.1 Å². The lowest BCUT2D eigenvalue weighted by Crippen LogP contribution is -2.16. The number of hydrogen-bond acceptors (Lipinski definition) is 4. The van der Waals surface area contributed by atoms with Crippen molar-refractivity contribution in [2.75, 3.05) is 5.32 Å². The van der Waals surface area contributed by atoms with Crippen molar-refractivity contribution in [3.63, 3.8) is 0 Å². The first-order valence-corrected chi connectivity index (χ1v) is 12.1. The lowest BCUT2D eigenvalue weighted by molar-refractivity contribution is 0.499. The highest BCUT2D eigenvalue weighted by Crippen LogP contribution is 2.33. The summed E-state index contributed by atoms with van der Waals surface area (Å²) in [5, 5.41) is 7.15. The smallest absolute Gasteiger partial charge is 0.195 e. The summed E-state index contributed by atoms with van der Waals surface area (Å²) < 4.78 is 36.9. The van der Waals surface area contributed by atoms with E-state index < -0.39 is 9.84 Å². The van der Waals surface area contributed by atoms with Crippen molar-refractivity contribution < 1.29 is 12.8 Å². The number of fused-ring (bicyclic) bond motifs is 1. The second kappa shape index (κ2) is 7.89. The molecule has 31 heavy (non-hydrogen) atoms. The predicted molar refractivity (Wildman–Crippen MR) is 122 cm³/mol. The number of nitrogens with one attached hydrogen (secondary N) is 2. The zero-order valence-electron chi connectivity index (χ0n) is 17.0. The van der Waals surface area contributed by atoms with Crippen molar-refractivity contribution >= 4 is 26.4 Å². The number of aromatic nitrogens is 1. The Balaban J connectivity index is 1.52. The number of hydrogen-bond donors (Lipinski definition) is 2. The number of rotatable bonds is 5. The monoisotopic (exact) mass is 437 g/mol. The lowest BCUT2D eigenvalue weighted by atomic mass is 10.1. The molecule has 1 fully saturated rings. The van der Waals surface area contributed by atoms with Gasteiger partial charge in [0.15, 0.2) is 9.84 Å². The molecule has 0 spiro atoms. The quantitative estimate of drug-likeness (QED) is 0.553. The SMILES string of the molecule is O=S1(=O)C=CN(Cc2cc(NC3CCCC3)c3[nH]c(-c4cccc(F)c4)cc3c2)C=C1. The van der Waals surface area contributed by atoms with Crippen LogP contribution in [0.1, 0.15) is 31.2 Å². The molecule has 0 radical (unpaired) electrons. The fourth-order valence-corrected chi connectivity index (χ4v) is 5.09. The van der Waals surface area contributed by atoms with Gasteiger partial charge in [-0.2, -0.15) is 0 Å². The van der Waals surface area contributed by atoms with Crippen LogP contribution in [0.15, 0.2) is 65.7 Å². The first-order chi connectivity index (χ1) is 14.9. The van der Waals surface area contributed by atoms with Crippen LogP contribution in [0.5, 0.6) is 0 Å². The lowest BCUT2D eigenvalue weighted by Gasteiger charge is -2.20. The Morgan fingerprint density at radius 2 is 1.84 bits per heavy atom. The highest BCUT2D eigenvalue weighted by atomic mass is 32.2. The molecule has 2 N–H and O–H groups in total. The minimum absolute atomic E-state index is 0.264. The van der Waals surface area contributed by atoms with Crippen molar-refractivity contribution in [3.8, 4) is 11.3 Å². The zero-order chi connectivity index (χ0) is 21.4. The third-order valence-corrected chi connectivity index (χ3v) is 6.89. The zero-order valence-corrected chi connectivity index (χ0v) is 17.8. The molecule has 2 heterocycles. The summed E-state index contributed by atoms with van der Waals surface area (Å²) in [6, 6.07) is 13.3. The van der Waals surface area contributed by atoms with Crippen molar-refractivity contribution in [3.05, 3.63) is 77.1 Å². The maximum atomic E-state index is 13.7. The molecular weight excluding hydrogens is 413 g/mol. The average Bonchev–Trinajstić information content (AvgIpc) is 3.39. The Labute approximate surface area is 181 Å². The van der Waals surface area contributed by atoms with Crippen LogP contribution < -0.4 is 5.32 Å². The fraction of sp³-hybridized carbons (Fsp3) is 0.250. The molecule has 0 amide bonds. The summed E-state index contributed by atoms with van der Waals surface area (Å²) in [5.74, 6) is -0.264. The Morgan fingerprint density at radius 3 is 2.58 bits per heavy atom. The van der Waals surface area contributed by atoms with E-state index in [-0.39, 0.29) is 5.82 Å². The van der Waals surface area contributed by atoms with E-state index in [0.29, 0.717) is 12.6 Å². The van der Waals surface area contributed by atoms with E-state index in [2.05, 4.69) is 22.4 Å². The molecule has 3 aromatic rings. The highest BCUT2D eigenvalue weighted by Gasteiger charge is 2.18. The van der Waals surface area contributed by atoms with Gasteiger partial charge in [0.1, 0.15) is 5.82 Å². The highest BCUT2D eigenvalue weighted by molar-refractivity contribution is 7.97. The van der Waals surface area contributed by atoms with Gasteiger partial charge in [0.25, 0.3) is 0 Å². The van der Waals surface area contributed by atoms with Gasteiger partial charge in [-0.3, -0.25) is 0 Å². The van der Waals surface area contributed by atoms with E-state index in [0.717, 1.165) is 46.3 Å². The van der Waals surface area contributed by atoms with Gasteiger partial charge in [-0.05, 0) is 48.7 Å². The van der Waals surface area contributed by atoms with Crippen LogP contribution in [0.3, 0.4) is 0 Å². The molecule has 1 aromatic heterocycles. The maximum absolute atomic E-state index is 13.7. The topological polar surface area (TPSA) is 65.2 Å². The number of nitrogens with zero attached hydrogens (tertiary/aromatic N) is 1. The normalized spacial score (nSPS) is 18.2. The largest absolute Gasteiger partial charge is 0.381 e. The van der Waals surface area contributed by atoms with Crippen LogP contribution in [0, 0.1) is 5.82 Å². The summed E-state index contributed by atoms with van der Waals surface area (Å²) >= 11 is 0. The average molecular weight is 438 g/mol. The molecule has 5 nitrogen and oxygen atoms in total. The summed E-state index contributed by atoms with van der Waals surface area (Å²) in [5.41, 5.74) is 4.76. The molecule has 2 aromatic carbocycles. The van der Waals surface area contributed by atoms with E-state index in [9.17, 15) is 12.8 Å². The molecular formula is C24H24FN3O2S. The number of benzene rings is 2. The van der Waals surface area contributed by atoms with Gasteiger partial charge in [-0.25, -0.2) is 12.8 Å². The van der Waals surface area contributed by atoms with E-state index in [1.165, 1.54) is 35.8 Å². The van der Waals surface area contributed by atoms with Gasteiger partial charge in [0.05, 0.1) is 22.0 Å². The van der Waals surface area contributed by atoms with Crippen LogP contribution >= 0.6 is 0 Å². The maximum Gasteiger partial charge on any atom is 0.195 e. The Hall–Kier alpha value is -3.06. The molecule has 160 valence electrons. The van der Waals surface area contributed by atoms with Crippen molar-refractivity contribution in [1.29, 1.82) is 0 Å². The summed E-state index contributed by atoms with van der Waals surface area (Å²) in [7, 11) is -3.25. The van der Waals surface area contributed by atoms with Gasteiger partial charge >= 0.3 is 0 Å².